The van der Waals surface area contributed by atoms with Gasteiger partial charge in [0.15, 0.2) is 0 Å². The van der Waals surface area contributed by atoms with Gasteiger partial charge in [0.25, 0.3) is 0 Å². The van der Waals surface area contributed by atoms with Crippen molar-refractivity contribution in [2.45, 2.75) is 26.2 Å². The smallest absolute Gasteiger partial charge is 0.355 e. The van der Waals surface area contributed by atoms with E-state index in [0.717, 1.165) is 36.9 Å². The van der Waals surface area contributed by atoms with Gasteiger partial charge in [0.2, 0.25) is 0 Å². The van der Waals surface area contributed by atoms with Crippen LogP contribution in [0.1, 0.15) is 26.2 Å². The number of hydroxylamine groups is 3. The summed E-state index contributed by atoms with van der Waals surface area (Å²) in [6.07, 6.45) is 3.73. The molecule has 138 valence electrons. The molecule has 3 saturated heterocycles. The Kier molecular flexibility index (Phi) is 5.89. The van der Waals surface area contributed by atoms with Crippen molar-refractivity contribution in [3.63, 3.8) is 0 Å². The number of nitrogens with one attached hydrogen (secondary N) is 1. The topological polar surface area (TPSA) is 38.3 Å². The lowest BCUT2D eigenvalue weighted by molar-refractivity contribution is -1.10. The fraction of sp³-hybridized carbons (Fsp3) is 0.381. The van der Waals surface area contributed by atoms with E-state index in [9.17, 15) is 9.18 Å². The number of quaternary nitrogens is 1. The van der Waals surface area contributed by atoms with E-state index in [4.69, 9.17) is 4.84 Å². The molecule has 0 spiro atoms. The van der Waals surface area contributed by atoms with E-state index in [2.05, 4.69) is 5.32 Å². The number of rotatable bonds is 3. The molecule has 26 heavy (non-hydrogen) atoms. The maximum atomic E-state index is 12.8. The van der Waals surface area contributed by atoms with Gasteiger partial charge < -0.3 is 5.32 Å². The van der Waals surface area contributed by atoms with Crippen molar-refractivity contribution in [2.75, 3.05) is 25.0 Å². The van der Waals surface area contributed by atoms with Crippen LogP contribution in [0.3, 0.4) is 0 Å². The lowest BCUT2D eigenvalue weighted by Gasteiger charge is -2.44. The van der Waals surface area contributed by atoms with Crippen molar-refractivity contribution < 1.29 is 18.7 Å². The lowest BCUT2D eigenvalue weighted by atomic mass is 9.88. The summed E-state index contributed by atoms with van der Waals surface area (Å²) in [6.45, 7) is 4.65. The molecule has 2 bridgehead atoms. The van der Waals surface area contributed by atoms with Crippen LogP contribution in [-0.2, 0) is 9.63 Å². The summed E-state index contributed by atoms with van der Waals surface area (Å²) in [5.74, 6) is 0.557. The molecule has 0 aliphatic carbocycles. The fourth-order valence-electron chi connectivity index (χ4n) is 3.69. The predicted octanol–water partition coefficient (Wildman–Crippen LogP) is 4.66. The third kappa shape index (κ3) is 5.05. The average molecular weight is 357 g/mol. The fourth-order valence-corrected chi connectivity index (χ4v) is 3.69. The first kappa shape index (κ1) is 18.4. The van der Waals surface area contributed by atoms with Crippen molar-refractivity contribution in [2.24, 2.45) is 5.92 Å². The van der Waals surface area contributed by atoms with Crippen LogP contribution in [0.25, 0.3) is 0 Å². The molecule has 2 aromatic carbocycles. The molecule has 0 radical (unpaired) electrons. The molecule has 0 saturated carbocycles. The Balaban J connectivity index is 0.000000152. The predicted molar refractivity (Wildman–Crippen MR) is 100 cm³/mol. The monoisotopic (exact) mass is 357 g/mol. The molecule has 0 unspecified atom stereocenters. The van der Waals surface area contributed by atoms with Crippen LogP contribution in [0.5, 0.6) is 0 Å². The van der Waals surface area contributed by atoms with E-state index in [1.54, 1.807) is 6.07 Å². The van der Waals surface area contributed by atoms with E-state index >= 15 is 0 Å². The highest BCUT2D eigenvalue weighted by Crippen LogP contribution is 2.33. The van der Waals surface area contributed by atoms with Gasteiger partial charge in [-0.3, -0.25) is 4.84 Å². The van der Waals surface area contributed by atoms with Crippen LogP contribution in [0.2, 0.25) is 0 Å². The number of para-hydroxylation sites is 1. The Morgan fingerprint density at radius 3 is 2.19 bits per heavy atom. The van der Waals surface area contributed by atoms with Gasteiger partial charge in [0, 0.05) is 37.6 Å². The summed E-state index contributed by atoms with van der Waals surface area (Å²) in [5.41, 5.74) is 1.72. The minimum Gasteiger partial charge on any atom is -0.355 e. The molecule has 5 rings (SSSR count). The summed E-state index contributed by atoms with van der Waals surface area (Å²) < 4.78 is 13.4. The van der Waals surface area contributed by atoms with Crippen LogP contribution in [0, 0.1) is 11.7 Å². The Hall–Kier alpha value is -2.40. The molecular formula is C21H26FN2O2+. The van der Waals surface area contributed by atoms with Gasteiger partial charge in [-0.15, -0.1) is 4.65 Å². The van der Waals surface area contributed by atoms with E-state index in [1.807, 2.05) is 36.4 Å². The molecule has 3 heterocycles. The Morgan fingerprint density at radius 2 is 1.62 bits per heavy atom. The molecule has 5 heteroatoms. The van der Waals surface area contributed by atoms with Crippen molar-refractivity contribution in [1.82, 2.24) is 0 Å². The van der Waals surface area contributed by atoms with Crippen molar-refractivity contribution in [3.8, 4) is 0 Å². The zero-order valence-electron chi connectivity index (χ0n) is 15.2. The van der Waals surface area contributed by atoms with Gasteiger partial charge in [-0.1, -0.05) is 24.3 Å². The third-order valence-electron chi connectivity index (χ3n) is 5.04. The number of nitrogens with zero attached hydrogens (tertiary/aromatic N) is 1. The molecular weight excluding hydrogens is 331 g/mol. The maximum absolute atomic E-state index is 12.8. The number of anilines is 2. The third-order valence-corrected chi connectivity index (χ3v) is 5.04. The number of fused-ring (bicyclic) bond motifs is 3. The summed E-state index contributed by atoms with van der Waals surface area (Å²) in [6, 6.07) is 16.1. The van der Waals surface area contributed by atoms with Gasteiger partial charge in [0.05, 0.1) is 0 Å². The highest BCUT2D eigenvalue weighted by molar-refractivity contribution is 5.65. The van der Waals surface area contributed by atoms with Gasteiger partial charge in [-0.05, 0) is 36.2 Å². The number of halogens is 1. The van der Waals surface area contributed by atoms with Gasteiger partial charge in [-0.25, -0.2) is 9.18 Å². The van der Waals surface area contributed by atoms with E-state index < -0.39 is 0 Å². The Bertz CT molecular complexity index is 714. The van der Waals surface area contributed by atoms with Crippen LogP contribution in [0.15, 0.2) is 54.6 Å². The second kappa shape index (κ2) is 8.32. The van der Waals surface area contributed by atoms with Crippen LogP contribution in [-0.4, -0.2) is 30.2 Å². The first-order chi connectivity index (χ1) is 12.5. The molecule has 1 N–H and O–H groups in total. The zero-order valence-corrected chi connectivity index (χ0v) is 15.2. The van der Waals surface area contributed by atoms with Crippen LogP contribution < -0.4 is 5.32 Å². The SMILES string of the molecule is CC(=O)O[N+]12CCC(CC1)CC2.Fc1cccc(Nc2ccccc2)c1. The number of benzene rings is 2. The number of carbonyl (C=O) groups is 1. The Labute approximate surface area is 154 Å². The highest BCUT2D eigenvalue weighted by Gasteiger charge is 2.43. The molecule has 0 aromatic heterocycles. The summed E-state index contributed by atoms with van der Waals surface area (Å²) in [4.78, 5) is 16.2. The number of hydrogen-bond acceptors (Lipinski definition) is 3. The molecule has 2 aromatic rings. The highest BCUT2D eigenvalue weighted by atomic mass is 19.1. The Morgan fingerprint density at radius 1 is 1.00 bits per heavy atom. The molecule has 0 atom stereocenters. The normalized spacial score (nSPS) is 23.5. The summed E-state index contributed by atoms with van der Waals surface area (Å²) >= 11 is 0. The van der Waals surface area contributed by atoms with Crippen molar-refractivity contribution in [3.05, 3.63) is 60.4 Å². The summed E-state index contributed by atoms with van der Waals surface area (Å²) in [7, 11) is 0. The lowest BCUT2D eigenvalue weighted by Crippen LogP contribution is -2.58. The van der Waals surface area contributed by atoms with Gasteiger partial charge in [-0.2, -0.15) is 0 Å². The molecule has 4 nitrogen and oxygen atoms in total. The first-order valence-electron chi connectivity index (χ1n) is 9.19. The average Bonchev–Trinajstić information content (AvgIpc) is 2.64. The minimum absolute atomic E-state index is 0.129. The number of carbonyl (C=O) groups excluding carboxylic acids is 1. The quantitative estimate of drug-likeness (QED) is 0.812. The second-order valence-corrected chi connectivity index (χ2v) is 7.05. The molecule has 0 amide bonds. The van der Waals surface area contributed by atoms with Crippen molar-refractivity contribution in [1.29, 1.82) is 0 Å². The van der Waals surface area contributed by atoms with E-state index in [1.165, 1.54) is 38.3 Å². The summed E-state index contributed by atoms with van der Waals surface area (Å²) in [5, 5.41) is 3.10. The van der Waals surface area contributed by atoms with E-state index in [-0.39, 0.29) is 11.8 Å². The molecule has 3 aliphatic heterocycles. The number of hydrogen-bond donors (Lipinski definition) is 1. The molecule has 3 fully saturated rings. The first-order valence-corrected chi connectivity index (χ1v) is 9.19. The maximum Gasteiger partial charge on any atom is 0.363 e. The number of piperidine rings is 3. The molecule has 3 aliphatic rings. The standard InChI is InChI=1S/C12H10FN.C9H16NO2/c13-10-5-4-8-12(9-10)14-11-6-2-1-3-7-11;1-8(11)12-10-5-2-9(3-6-10)4-7-10/h1-9,14H;9H,2-7H2,1H3/q;+1. The van der Waals surface area contributed by atoms with Crippen LogP contribution >= 0.6 is 0 Å². The zero-order chi connectivity index (χ0) is 18.4. The van der Waals surface area contributed by atoms with Gasteiger partial charge in [0.1, 0.15) is 25.5 Å². The van der Waals surface area contributed by atoms with Gasteiger partial charge >= 0.3 is 5.97 Å². The van der Waals surface area contributed by atoms with Crippen molar-refractivity contribution >= 4 is 17.3 Å². The largest absolute Gasteiger partial charge is 0.363 e. The second-order valence-electron chi connectivity index (χ2n) is 7.05. The van der Waals surface area contributed by atoms with E-state index in [0.29, 0.717) is 4.65 Å². The van der Waals surface area contributed by atoms with Crippen LogP contribution in [0.4, 0.5) is 15.8 Å². The minimum atomic E-state index is -0.231.